The van der Waals surface area contributed by atoms with Crippen LogP contribution in [-0.2, 0) is 9.59 Å². The van der Waals surface area contributed by atoms with Gasteiger partial charge in [0.15, 0.2) is 0 Å². The molecule has 0 bridgehead atoms. The van der Waals surface area contributed by atoms with E-state index in [1.54, 1.807) is 7.11 Å². The van der Waals surface area contributed by atoms with Crippen molar-refractivity contribution in [1.82, 2.24) is 10.0 Å². The number of hydrogen-bond acceptors (Lipinski definition) is 4. The third-order valence-electron chi connectivity index (χ3n) is 6.32. The van der Waals surface area contributed by atoms with Crippen molar-refractivity contribution in [2.75, 3.05) is 7.11 Å². The lowest BCUT2D eigenvalue weighted by Crippen LogP contribution is -2.52. The zero-order valence-electron chi connectivity index (χ0n) is 17.3. The highest BCUT2D eigenvalue weighted by Crippen LogP contribution is 2.52. The van der Waals surface area contributed by atoms with Crippen LogP contribution in [0.25, 0.3) is 0 Å². The van der Waals surface area contributed by atoms with Gasteiger partial charge in [-0.25, -0.2) is 5.01 Å². The topological polar surface area (TPSA) is 49.9 Å². The number of fused-ring (bicyclic) bond motifs is 1. The second-order valence-electron chi connectivity index (χ2n) is 8.02. The summed E-state index contributed by atoms with van der Waals surface area (Å²) in [6.45, 7) is 0. The van der Waals surface area contributed by atoms with Crippen molar-refractivity contribution in [3.05, 3.63) is 102 Å². The van der Waals surface area contributed by atoms with Crippen LogP contribution in [0.2, 0.25) is 0 Å². The van der Waals surface area contributed by atoms with Gasteiger partial charge in [0.05, 0.1) is 25.6 Å². The number of carbonyl (C=O) groups is 2. The van der Waals surface area contributed by atoms with Gasteiger partial charge in [-0.3, -0.25) is 9.59 Å². The van der Waals surface area contributed by atoms with Gasteiger partial charge in [0.25, 0.3) is 0 Å². The molecule has 2 aliphatic heterocycles. The monoisotopic (exact) mass is 412 g/mol. The summed E-state index contributed by atoms with van der Waals surface area (Å²) in [5, 5.41) is 3.40. The minimum Gasteiger partial charge on any atom is -0.496 e. The molecule has 3 aromatic carbocycles. The highest BCUT2D eigenvalue weighted by molar-refractivity contribution is 5.97. The van der Waals surface area contributed by atoms with Gasteiger partial charge >= 0.3 is 0 Å². The number of nitrogens with zero attached hydrogens (tertiary/aromatic N) is 2. The fraction of sp³-hybridized carbons (Fsp3) is 0.231. The Labute approximate surface area is 181 Å². The molecule has 0 unspecified atom stereocenters. The molecular formula is C26H24N2O3. The molecule has 2 amide bonds. The molecule has 5 heteroatoms. The molecule has 2 fully saturated rings. The van der Waals surface area contributed by atoms with Crippen molar-refractivity contribution >= 4 is 11.8 Å². The fourth-order valence-corrected chi connectivity index (χ4v) is 5.00. The molecule has 3 aromatic rings. The number of ether oxygens (including phenoxy) is 1. The van der Waals surface area contributed by atoms with Crippen LogP contribution in [0.4, 0.5) is 0 Å². The first-order valence-electron chi connectivity index (χ1n) is 10.6. The lowest BCUT2D eigenvalue weighted by molar-refractivity contribution is -0.170. The number of para-hydroxylation sites is 1. The van der Waals surface area contributed by atoms with Crippen LogP contribution in [0, 0.1) is 0 Å². The lowest BCUT2D eigenvalue weighted by atomic mass is 9.81. The maximum Gasteiger partial charge on any atom is 0.245 e. The Morgan fingerprint density at radius 2 is 1.32 bits per heavy atom. The third-order valence-corrected chi connectivity index (χ3v) is 6.32. The van der Waals surface area contributed by atoms with Crippen LogP contribution >= 0.6 is 0 Å². The Bertz CT molecular complexity index is 1100. The molecule has 0 aromatic heterocycles. The molecule has 31 heavy (non-hydrogen) atoms. The van der Waals surface area contributed by atoms with Gasteiger partial charge < -0.3 is 4.74 Å². The van der Waals surface area contributed by atoms with Gasteiger partial charge in [-0.2, -0.15) is 5.01 Å². The average Bonchev–Trinajstić information content (AvgIpc) is 3.17. The molecular weight excluding hydrogens is 388 g/mol. The van der Waals surface area contributed by atoms with Crippen molar-refractivity contribution in [3.8, 4) is 5.75 Å². The van der Waals surface area contributed by atoms with Gasteiger partial charge in [-0.1, -0.05) is 78.9 Å². The number of imide groups is 1. The molecule has 156 valence electrons. The highest BCUT2D eigenvalue weighted by Gasteiger charge is 2.52. The summed E-state index contributed by atoms with van der Waals surface area (Å²) in [7, 11) is 1.65. The Morgan fingerprint density at radius 1 is 0.742 bits per heavy atom. The van der Waals surface area contributed by atoms with E-state index in [9.17, 15) is 9.59 Å². The Balaban J connectivity index is 1.69. The number of methoxy groups -OCH3 is 1. The van der Waals surface area contributed by atoms with E-state index in [2.05, 4.69) is 12.1 Å². The van der Waals surface area contributed by atoms with Crippen LogP contribution in [0.5, 0.6) is 5.75 Å². The molecule has 0 radical (unpaired) electrons. The van der Waals surface area contributed by atoms with Crippen molar-refractivity contribution in [3.63, 3.8) is 0 Å². The summed E-state index contributed by atoms with van der Waals surface area (Å²) >= 11 is 0. The Hall–Kier alpha value is -3.44. The summed E-state index contributed by atoms with van der Waals surface area (Å²) in [6.07, 6.45) is 0.543. The number of hydrazine groups is 1. The van der Waals surface area contributed by atoms with Gasteiger partial charge in [-0.15, -0.1) is 0 Å². The molecule has 0 aliphatic carbocycles. The number of amides is 2. The summed E-state index contributed by atoms with van der Waals surface area (Å²) in [6, 6.07) is 27.6. The third kappa shape index (κ3) is 3.31. The van der Waals surface area contributed by atoms with Gasteiger partial charge in [0, 0.05) is 12.3 Å². The van der Waals surface area contributed by atoms with Crippen LogP contribution in [0.1, 0.15) is 47.5 Å². The summed E-state index contributed by atoms with van der Waals surface area (Å²) in [5.74, 6) is 0.320. The van der Waals surface area contributed by atoms with E-state index in [4.69, 9.17) is 4.74 Å². The minimum atomic E-state index is -0.194. The van der Waals surface area contributed by atoms with Crippen LogP contribution in [0.15, 0.2) is 84.9 Å². The maximum absolute atomic E-state index is 13.2. The van der Waals surface area contributed by atoms with Crippen molar-refractivity contribution in [2.45, 2.75) is 30.8 Å². The van der Waals surface area contributed by atoms with Gasteiger partial charge in [0.1, 0.15) is 5.75 Å². The van der Waals surface area contributed by atoms with E-state index in [0.717, 1.165) is 22.4 Å². The zero-order chi connectivity index (χ0) is 21.4. The van der Waals surface area contributed by atoms with E-state index in [0.29, 0.717) is 0 Å². The molecule has 5 nitrogen and oxygen atoms in total. The Kier molecular flexibility index (Phi) is 5.04. The quantitative estimate of drug-likeness (QED) is 0.586. The maximum atomic E-state index is 13.2. The average molecular weight is 412 g/mol. The van der Waals surface area contributed by atoms with E-state index in [1.807, 2.05) is 77.8 Å². The summed E-state index contributed by atoms with van der Waals surface area (Å²) in [5.41, 5.74) is 3.09. The first kappa shape index (κ1) is 19.5. The van der Waals surface area contributed by atoms with Crippen molar-refractivity contribution in [2.24, 2.45) is 0 Å². The van der Waals surface area contributed by atoms with E-state index in [-0.39, 0.29) is 42.7 Å². The smallest absolute Gasteiger partial charge is 0.245 e. The number of rotatable bonds is 4. The largest absolute Gasteiger partial charge is 0.496 e. The zero-order valence-corrected chi connectivity index (χ0v) is 17.3. The minimum absolute atomic E-state index is 0.139. The molecule has 2 saturated heterocycles. The number of hydrogen-bond donors (Lipinski definition) is 0. The predicted octanol–water partition coefficient (Wildman–Crippen LogP) is 4.64. The van der Waals surface area contributed by atoms with E-state index >= 15 is 0 Å². The van der Waals surface area contributed by atoms with Crippen molar-refractivity contribution < 1.29 is 14.3 Å². The van der Waals surface area contributed by atoms with Crippen LogP contribution in [-0.4, -0.2) is 28.9 Å². The molecule has 0 saturated carbocycles. The number of carbonyl (C=O) groups excluding carboxylic acids is 2. The predicted molar refractivity (Wildman–Crippen MR) is 117 cm³/mol. The standard InChI is InChI=1S/C26H24N2O3/c1-31-23-15-9-8-14-20(23)21-16-24(29)28-25(30)17-22(18-10-4-2-5-11-18)27(28)26(21)19-12-6-3-7-13-19/h2-15,21-22,26H,16-17H2,1H3/t21-,22+,26+/m0/s1. The van der Waals surface area contributed by atoms with Crippen molar-refractivity contribution in [1.29, 1.82) is 0 Å². The second-order valence-corrected chi connectivity index (χ2v) is 8.02. The highest BCUT2D eigenvalue weighted by atomic mass is 16.5. The lowest BCUT2D eigenvalue weighted by Gasteiger charge is -2.46. The summed E-state index contributed by atoms with van der Waals surface area (Å²) < 4.78 is 5.65. The second kappa shape index (κ2) is 8.00. The summed E-state index contributed by atoms with van der Waals surface area (Å²) in [4.78, 5) is 26.2. The van der Waals surface area contributed by atoms with Gasteiger partial charge in [0.2, 0.25) is 11.8 Å². The fourth-order valence-electron chi connectivity index (χ4n) is 5.00. The van der Waals surface area contributed by atoms with E-state index < -0.39 is 0 Å². The number of benzene rings is 3. The molecule has 2 aliphatic rings. The molecule has 2 heterocycles. The first-order valence-corrected chi connectivity index (χ1v) is 10.6. The van der Waals surface area contributed by atoms with Crippen LogP contribution < -0.4 is 4.74 Å². The Morgan fingerprint density at radius 3 is 2.00 bits per heavy atom. The molecule has 0 N–H and O–H groups in total. The van der Waals surface area contributed by atoms with Crippen LogP contribution in [0.3, 0.4) is 0 Å². The molecule has 3 atom stereocenters. The first-order chi connectivity index (χ1) is 15.2. The normalized spacial score (nSPS) is 23.6. The van der Waals surface area contributed by atoms with Gasteiger partial charge in [-0.05, 0) is 22.8 Å². The van der Waals surface area contributed by atoms with E-state index in [1.165, 1.54) is 5.01 Å². The SMILES string of the molecule is COc1ccccc1[C@@H]1CC(=O)N2C(=O)C[C@H](c3ccccc3)N2[C@@H]1c1ccccc1. The molecule has 5 rings (SSSR count). The molecule has 0 spiro atoms.